The van der Waals surface area contributed by atoms with Crippen molar-refractivity contribution in [3.63, 3.8) is 0 Å². The lowest BCUT2D eigenvalue weighted by Gasteiger charge is -2.52. The molecule has 6 heteroatoms. The van der Waals surface area contributed by atoms with E-state index >= 15 is 0 Å². The molecule has 4 rings (SSSR count). The molecule has 1 saturated carbocycles. The Morgan fingerprint density at radius 1 is 1.28 bits per heavy atom. The summed E-state index contributed by atoms with van der Waals surface area (Å²) in [6.07, 6.45) is 4.78. The first kappa shape index (κ1) is 23.7. The molecule has 3 fully saturated rings. The summed E-state index contributed by atoms with van der Waals surface area (Å²) < 4.78 is 17.4. The van der Waals surface area contributed by atoms with Crippen molar-refractivity contribution < 1.29 is 19.0 Å². The first-order valence-corrected chi connectivity index (χ1v) is 12.3. The number of hydrogen-bond acceptors (Lipinski definition) is 5. The van der Waals surface area contributed by atoms with Crippen LogP contribution in [0.25, 0.3) is 0 Å². The molecule has 0 radical (unpaired) electrons. The summed E-state index contributed by atoms with van der Waals surface area (Å²) >= 11 is 0. The molecule has 1 N–H and O–H groups in total. The van der Waals surface area contributed by atoms with E-state index in [-0.39, 0.29) is 23.7 Å². The Morgan fingerprint density at radius 2 is 2.09 bits per heavy atom. The minimum absolute atomic E-state index is 0.00101. The average Bonchev–Trinajstić information content (AvgIpc) is 2.78. The number of methoxy groups -OCH3 is 1. The Bertz CT molecular complexity index is 766. The van der Waals surface area contributed by atoms with Gasteiger partial charge in [-0.15, -0.1) is 0 Å². The zero-order chi connectivity index (χ0) is 22.6. The molecule has 2 heterocycles. The predicted octanol–water partition coefficient (Wildman–Crippen LogP) is 3.70. The SMILES string of the molecule is COCCC(=O)N[C@]1(C)C[C@H](c2cccc(CN3CCOCC3)c2)O[C@@H]2C[C@H](C)CC[C@H]21. The highest BCUT2D eigenvalue weighted by atomic mass is 16.5. The molecular formula is C26H40N2O4. The van der Waals surface area contributed by atoms with Crippen molar-refractivity contribution in [1.82, 2.24) is 10.2 Å². The van der Waals surface area contributed by atoms with Gasteiger partial charge in [0.15, 0.2) is 0 Å². The van der Waals surface area contributed by atoms with Gasteiger partial charge in [0.05, 0.1) is 32.0 Å². The summed E-state index contributed by atoms with van der Waals surface area (Å²) in [5, 5.41) is 3.40. The smallest absolute Gasteiger partial charge is 0.222 e. The van der Waals surface area contributed by atoms with Crippen LogP contribution in [0.2, 0.25) is 0 Å². The van der Waals surface area contributed by atoms with Gasteiger partial charge in [-0.25, -0.2) is 0 Å². The molecule has 0 aromatic heterocycles. The van der Waals surface area contributed by atoms with E-state index < -0.39 is 0 Å². The van der Waals surface area contributed by atoms with E-state index in [1.807, 2.05) is 0 Å². The fraction of sp³-hybridized carbons (Fsp3) is 0.731. The first-order chi connectivity index (χ1) is 15.5. The van der Waals surface area contributed by atoms with E-state index in [1.165, 1.54) is 17.5 Å². The molecule has 2 aliphatic heterocycles. The zero-order valence-electron chi connectivity index (χ0n) is 20.0. The summed E-state index contributed by atoms with van der Waals surface area (Å²) in [5.74, 6) is 1.10. The largest absolute Gasteiger partial charge is 0.384 e. The first-order valence-electron chi connectivity index (χ1n) is 12.3. The predicted molar refractivity (Wildman–Crippen MR) is 124 cm³/mol. The minimum Gasteiger partial charge on any atom is -0.384 e. The monoisotopic (exact) mass is 444 g/mol. The van der Waals surface area contributed by atoms with Crippen LogP contribution in [0.15, 0.2) is 24.3 Å². The molecule has 1 amide bonds. The number of benzene rings is 1. The number of carbonyl (C=O) groups excluding carboxylic acids is 1. The fourth-order valence-corrected chi connectivity index (χ4v) is 5.83. The minimum atomic E-state index is -0.265. The summed E-state index contributed by atoms with van der Waals surface area (Å²) in [6, 6.07) is 8.85. The summed E-state index contributed by atoms with van der Waals surface area (Å²) in [7, 11) is 1.64. The Kier molecular flexibility index (Phi) is 7.87. The lowest BCUT2D eigenvalue weighted by molar-refractivity contribution is -0.154. The van der Waals surface area contributed by atoms with Crippen LogP contribution >= 0.6 is 0 Å². The molecule has 0 unspecified atom stereocenters. The molecule has 1 aromatic rings. The number of nitrogens with one attached hydrogen (secondary N) is 1. The van der Waals surface area contributed by atoms with Gasteiger partial charge in [0.25, 0.3) is 0 Å². The number of ether oxygens (including phenoxy) is 3. The molecule has 178 valence electrons. The Labute approximate surface area is 193 Å². The highest BCUT2D eigenvalue weighted by molar-refractivity contribution is 5.77. The molecular weight excluding hydrogens is 404 g/mol. The van der Waals surface area contributed by atoms with Crippen molar-refractivity contribution in [2.75, 3.05) is 40.0 Å². The van der Waals surface area contributed by atoms with Crippen molar-refractivity contribution in [3.05, 3.63) is 35.4 Å². The summed E-state index contributed by atoms with van der Waals surface area (Å²) in [4.78, 5) is 15.1. The third-order valence-electron chi connectivity index (χ3n) is 7.61. The van der Waals surface area contributed by atoms with Crippen molar-refractivity contribution >= 4 is 5.91 Å². The van der Waals surface area contributed by atoms with Crippen LogP contribution in [0, 0.1) is 11.8 Å². The van der Waals surface area contributed by atoms with Gasteiger partial charge in [-0.1, -0.05) is 37.6 Å². The van der Waals surface area contributed by atoms with Gasteiger partial charge in [-0.3, -0.25) is 9.69 Å². The Morgan fingerprint density at radius 3 is 2.88 bits per heavy atom. The van der Waals surface area contributed by atoms with E-state index in [1.54, 1.807) is 7.11 Å². The van der Waals surface area contributed by atoms with Gasteiger partial charge < -0.3 is 19.5 Å². The second kappa shape index (κ2) is 10.6. The van der Waals surface area contributed by atoms with E-state index in [2.05, 4.69) is 48.3 Å². The standard InChI is InChI=1S/C26H40N2O4/c1-19-7-8-22-23(15-19)32-24(17-26(22,2)27-25(29)9-12-30-3)21-6-4-5-20(16-21)18-28-10-13-31-14-11-28/h4-6,16,19,22-24H,7-15,17-18H2,1-3H3,(H,27,29)/t19-,22-,23-,24-,26-/m1/s1. The van der Waals surface area contributed by atoms with Crippen LogP contribution in [0.5, 0.6) is 0 Å². The van der Waals surface area contributed by atoms with Crippen molar-refractivity contribution in [1.29, 1.82) is 0 Å². The van der Waals surface area contributed by atoms with Gasteiger partial charge in [0, 0.05) is 51.0 Å². The lowest BCUT2D eigenvalue weighted by Crippen LogP contribution is -2.60. The van der Waals surface area contributed by atoms with E-state index in [4.69, 9.17) is 14.2 Å². The van der Waals surface area contributed by atoms with E-state index in [9.17, 15) is 4.79 Å². The van der Waals surface area contributed by atoms with Crippen LogP contribution < -0.4 is 5.32 Å². The summed E-state index contributed by atoms with van der Waals surface area (Å²) in [5.41, 5.74) is 2.28. The van der Waals surface area contributed by atoms with E-state index in [0.29, 0.717) is 24.9 Å². The number of carbonyl (C=O) groups is 1. The third kappa shape index (κ3) is 5.71. The number of nitrogens with zero attached hydrogens (tertiary/aromatic N) is 1. The van der Waals surface area contributed by atoms with Crippen LogP contribution in [0.1, 0.15) is 63.2 Å². The quantitative estimate of drug-likeness (QED) is 0.695. The Balaban J connectivity index is 1.51. The normalized spacial score (nSPS) is 33.5. The maximum atomic E-state index is 12.7. The number of rotatable bonds is 7. The zero-order valence-corrected chi connectivity index (χ0v) is 20.0. The van der Waals surface area contributed by atoms with Gasteiger partial charge >= 0.3 is 0 Å². The van der Waals surface area contributed by atoms with Crippen LogP contribution in [0.4, 0.5) is 0 Å². The second-order valence-corrected chi connectivity index (χ2v) is 10.2. The molecule has 1 aromatic carbocycles. The van der Waals surface area contributed by atoms with Gasteiger partial charge in [-0.2, -0.15) is 0 Å². The molecule has 3 aliphatic rings. The van der Waals surface area contributed by atoms with Crippen LogP contribution in [-0.2, 0) is 25.5 Å². The Hall–Kier alpha value is -1.47. The highest BCUT2D eigenvalue weighted by Gasteiger charge is 2.49. The fourth-order valence-electron chi connectivity index (χ4n) is 5.83. The van der Waals surface area contributed by atoms with Crippen LogP contribution in [-0.4, -0.2) is 62.5 Å². The second-order valence-electron chi connectivity index (χ2n) is 10.2. The lowest BCUT2D eigenvalue weighted by atomic mass is 9.66. The van der Waals surface area contributed by atoms with E-state index in [0.717, 1.165) is 52.1 Å². The molecule has 1 aliphatic carbocycles. The molecule has 6 nitrogen and oxygen atoms in total. The maximum absolute atomic E-state index is 12.7. The van der Waals surface area contributed by atoms with Crippen molar-refractivity contribution in [2.24, 2.45) is 11.8 Å². The number of fused-ring (bicyclic) bond motifs is 1. The number of amides is 1. The maximum Gasteiger partial charge on any atom is 0.222 e. The third-order valence-corrected chi connectivity index (χ3v) is 7.61. The average molecular weight is 445 g/mol. The molecule has 2 saturated heterocycles. The summed E-state index contributed by atoms with van der Waals surface area (Å²) in [6.45, 7) is 9.55. The number of hydrogen-bond donors (Lipinski definition) is 1. The molecule has 0 bridgehead atoms. The highest BCUT2D eigenvalue weighted by Crippen LogP contribution is 2.48. The van der Waals surface area contributed by atoms with Crippen molar-refractivity contribution in [2.45, 2.75) is 70.2 Å². The topological polar surface area (TPSA) is 60.0 Å². The molecule has 5 atom stereocenters. The van der Waals surface area contributed by atoms with Crippen molar-refractivity contribution in [3.8, 4) is 0 Å². The van der Waals surface area contributed by atoms with Gasteiger partial charge in [0.2, 0.25) is 5.91 Å². The van der Waals surface area contributed by atoms with Crippen LogP contribution in [0.3, 0.4) is 0 Å². The molecule has 0 spiro atoms. The van der Waals surface area contributed by atoms with Gasteiger partial charge in [-0.05, 0) is 36.8 Å². The number of morpholine rings is 1. The van der Waals surface area contributed by atoms with Gasteiger partial charge in [0.1, 0.15) is 0 Å². The molecule has 32 heavy (non-hydrogen) atoms.